The summed E-state index contributed by atoms with van der Waals surface area (Å²) in [4.78, 5) is 11.9. The summed E-state index contributed by atoms with van der Waals surface area (Å²) in [6.07, 6.45) is 3.10. The Hall–Kier alpha value is -1.60. The van der Waals surface area contributed by atoms with Gasteiger partial charge in [-0.3, -0.25) is 4.79 Å². The first-order valence-corrected chi connectivity index (χ1v) is 8.65. The number of rotatable bonds is 7. The van der Waals surface area contributed by atoms with Crippen molar-refractivity contribution in [2.75, 3.05) is 25.2 Å². The van der Waals surface area contributed by atoms with Crippen molar-refractivity contribution in [2.45, 2.75) is 25.3 Å². The highest BCUT2D eigenvalue weighted by Crippen LogP contribution is 2.28. The Kier molecular flexibility index (Phi) is 4.84. The van der Waals surface area contributed by atoms with E-state index >= 15 is 0 Å². The smallest absolute Gasteiger partial charge is 0.225 e. The number of amides is 1. The topological polar surface area (TPSA) is 75.7 Å². The van der Waals surface area contributed by atoms with E-state index in [0.717, 1.165) is 12.8 Å². The predicted molar refractivity (Wildman–Crippen MR) is 80.8 cm³/mol. The van der Waals surface area contributed by atoms with Crippen molar-refractivity contribution >= 4 is 21.6 Å². The molecule has 0 atom stereocenters. The van der Waals surface area contributed by atoms with E-state index in [1.54, 1.807) is 31.4 Å². The molecule has 21 heavy (non-hydrogen) atoms. The van der Waals surface area contributed by atoms with Gasteiger partial charge in [-0.1, -0.05) is 0 Å². The minimum atomic E-state index is -3.24. The van der Waals surface area contributed by atoms with Crippen molar-refractivity contribution in [3.05, 3.63) is 24.3 Å². The third kappa shape index (κ3) is 4.71. The van der Waals surface area contributed by atoms with Gasteiger partial charge in [0.05, 0.1) is 13.4 Å². The minimum absolute atomic E-state index is 0.0776. The zero-order valence-electron chi connectivity index (χ0n) is 12.2. The second-order valence-electron chi connectivity index (χ2n) is 5.13. The average Bonchev–Trinajstić information content (AvgIpc) is 3.23. The van der Waals surface area contributed by atoms with Gasteiger partial charge in [0.2, 0.25) is 15.9 Å². The number of sulfonamides is 1. The number of hydrogen-bond donors (Lipinski definition) is 1. The molecule has 0 unspecified atom stereocenters. The van der Waals surface area contributed by atoms with Gasteiger partial charge < -0.3 is 10.1 Å². The number of methoxy groups -OCH3 is 1. The third-order valence-corrected chi connectivity index (χ3v) is 4.65. The van der Waals surface area contributed by atoms with Crippen molar-refractivity contribution in [1.29, 1.82) is 0 Å². The van der Waals surface area contributed by atoms with Crippen LogP contribution in [0.2, 0.25) is 0 Å². The van der Waals surface area contributed by atoms with E-state index in [1.807, 2.05) is 0 Å². The quantitative estimate of drug-likeness (QED) is 0.827. The van der Waals surface area contributed by atoms with Crippen molar-refractivity contribution in [2.24, 2.45) is 0 Å². The fourth-order valence-corrected chi connectivity index (χ4v) is 3.27. The van der Waals surface area contributed by atoms with Gasteiger partial charge in [0.25, 0.3) is 0 Å². The summed E-state index contributed by atoms with van der Waals surface area (Å²) in [5, 5.41) is 2.74. The van der Waals surface area contributed by atoms with E-state index in [2.05, 4.69) is 5.32 Å². The number of hydrogen-bond acceptors (Lipinski definition) is 4. The molecular formula is C14H20N2O4S. The molecule has 0 aromatic heterocycles. The summed E-state index contributed by atoms with van der Waals surface area (Å²) in [6.45, 7) is 0.228. The molecule has 6 nitrogen and oxygen atoms in total. The van der Waals surface area contributed by atoms with Gasteiger partial charge in [0, 0.05) is 24.7 Å². The van der Waals surface area contributed by atoms with E-state index in [4.69, 9.17) is 4.74 Å². The van der Waals surface area contributed by atoms with Crippen molar-refractivity contribution in [3.63, 3.8) is 0 Å². The number of anilines is 1. The summed E-state index contributed by atoms with van der Waals surface area (Å²) < 4.78 is 29.7. The standard InChI is InChI=1S/C14H20N2O4S/c1-20-13-7-3-11(4-8-13)15-14(17)9-10-16(12-5-6-12)21(2,18)19/h3-4,7-8,12H,5-6,9-10H2,1-2H3,(H,15,17). The molecule has 0 spiro atoms. The lowest BCUT2D eigenvalue weighted by Crippen LogP contribution is -2.34. The average molecular weight is 312 g/mol. The van der Waals surface area contributed by atoms with Crippen LogP contribution in [0.5, 0.6) is 5.75 Å². The van der Waals surface area contributed by atoms with E-state index < -0.39 is 10.0 Å². The van der Waals surface area contributed by atoms with Crippen LogP contribution in [0.1, 0.15) is 19.3 Å². The van der Waals surface area contributed by atoms with Crippen LogP contribution < -0.4 is 10.1 Å². The van der Waals surface area contributed by atoms with Gasteiger partial charge in [-0.25, -0.2) is 8.42 Å². The fraction of sp³-hybridized carbons (Fsp3) is 0.500. The molecule has 0 radical (unpaired) electrons. The number of benzene rings is 1. The highest BCUT2D eigenvalue weighted by molar-refractivity contribution is 7.88. The second-order valence-corrected chi connectivity index (χ2v) is 7.07. The van der Waals surface area contributed by atoms with E-state index in [-0.39, 0.29) is 24.9 Å². The zero-order chi connectivity index (χ0) is 15.5. The van der Waals surface area contributed by atoms with Crippen LogP contribution in [0.15, 0.2) is 24.3 Å². The lowest BCUT2D eigenvalue weighted by molar-refractivity contribution is -0.116. The Labute approximate surface area is 125 Å². The van der Waals surface area contributed by atoms with Crippen molar-refractivity contribution in [1.82, 2.24) is 4.31 Å². The molecule has 1 aliphatic carbocycles. The monoisotopic (exact) mass is 312 g/mol. The van der Waals surface area contributed by atoms with Gasteiger partial charge in [-0.2, -0.15) is 4.31 Å². The maximum atomic E-state index is 11.9. The molecule has 0 aliphatic heterocycles. The van der Waals surface area contributed by atoms with Crippen molar-refractivity contribution < 1.29 is 17.9 Å². The SMILES string of the molecule is COc1ccc(NC(=O)CCN(C2CC2)S(C)(=O)=O)cc1. The largest absolute Gasteiger partial charge is 0.497 e. The third-order valence-electron chi connectivity index (χ3n) is 3.31. The Bertz CT molecular complexity index is 594. The molecule has 7 heteroatoms. The fourth-order valence-electron chi connectivity index (χ4n) is 2.09. The first-order valence-electron chi connectivity index (χ1n) is 6.81. The molecule has 2 rings (SSSR count). The summed E-state index contributed by atoms with van der Waals surface area (Å²) >= 11 is 0. The molecular weight excluding hydrogens is 292 g/mol. The van der Waals surface area contributed by atoms with Crippen LogP contribution in [0, 0.1) is 0 Å². The minimum Gasteiger partial charge on any atom is -0.497 e. The van der Waals surface area contributed by atoms with Gasteiger partial charge in [-0.15, -0.1) is 0 Å². The maximum Gasteiger partial charge on any atom is 0.225 e. The number of ether oxygens (including phenoxy) is 1. The maximum absolute atomic E-state index is 11.9. The molecule has 1 aromatic carbocycles. The van der Waals surface area contributed by atoms with Gasteiger partial charge in [0.15, 0.2) is 0 Å². The first-order chi connectivity index (χ1) is 9.90. The highest BCUT2D eigenvalue weighted by Gasteiger charge is 2.34. The van der Waals surface area contributed by atoms with E-state index in [0.29, 0.717) is 11.4 Å². The van der Waals surface area contributed by atoms with Crippen LogP contribution in [-0.2, 0) is 14.8 Å². The molecule has 0 saturated heterocycles. The summed E-state index contributed by atoms with van der Waals surface area (Å²) in [7, 11) is -1.67. The number of carbonyl (C=O) groups excluding carboxylic acids is 1. The number of carbonyl (C=O) groups is 1. The Balaban J connectivity index is 1.86. The molecule has 1 aliphatic rings. The second kappa shape index (κ2) is 6.44. The number of nitrogens with one attached hydrogen (secondary N) is 1. The van der Waals surface area contributed by atoms with E-state index in [9.17, 15) is 13.2 Å². The Morgan fingerprint density at radius 2 is 1.95 bits per heavy atom. The number of nitrogens with zero attached hydrogens (tertiary/aromatic N) is 1. The highest BCUT2D eigenvalue weighted by atomic mass is 32.2. The van der Waals surface area contributed by atoms with Crippen molar-refractivity contribution in [3.8, 4) is 5.75 Å². The first kappa shape index (κ1) is 15.8. The molecule has 1 fully saturated rings. The summed E-state index contributed by atoms with van der Waals surface area (Å²) in [5.74, 6) is 0.513. The van der Waals surface area contributed by atoms with Gasteiger partial charge >= 0.3 is 0 Å². The normalized spacial score (nSPS) is 15.0. The van der Waals surface area contributed by atoms with Crippen LogP contribution in [0.4, 0.5) is 5.69 Å². The molecule has 0 bridgehead atoms. The van der Waals surface area contributed by atoms with Crippen LogP contribution in [0.3, 0.4) is 0 Å². The molecule has 0 heterocycles. The molecule has 116 valence electrons. The molecule has 1 amide bonds. The van der Waals surface area contributed by atoms with Crippen LogP contribution >= 0.6 is 0 Å². The lowest BCUT2D eigenvalue weighted by atomic mass is 10.3. The Morgan fingerprint density at radius 1 is 1.33 bits per heavy atom. The lowest BCUT2D eigenvalue weighted by Gasteiger charge is -2.18. The van der Waals surface area contributed by atoms with E-state index in [1.165, 1.54) is 10.6 Å². The predicted octanol–water partition coefficient (Wildman–Crippen LogP) is 1.45. The Morgan fingerprint density at radius 3 is 2.43 bits per heavy atom. The molecule has 1 saturated carbocycles. The summed E-state index contributed by atoms with van der Waals surface area (Å²) in [6, 6.07) is 7.07. The van der Waals surface area contributed by atoms with Crippen LogP contribution in [0.25, 0.3) is 0 Å². The summed E-state index contributed by atoms with van der Waals surface area (Å²) in [5.41, 5.74) is 0.665. The van der Waals surface area contributed by atoms with Gasteiger partial charge in [0.1, 0.15) is 5.75 Å². The zero-order valence-corrected chi connectivity index (χ0v) is 13.0. The van der Waals surface area contributed by atoms with Crippen LogP contribution in [-0.4, -0.2) is 44.6 Å². The molecule has 1 N–H and O–H groups in total. The molecule has 1 aromatic rings. The van der Waals surface area contributed by atoms with Gasteiger partial charge in [-0.05, 0) is 37.1 Å².